The first-order valence-corrected chi connectivity index (χ1v) is 7.01. The van der Waals surface area contributed by atoms with E-state index >= 15 is 0 Å². The van der Waals surface area contributed by atoms with Crippen LogP contribution in [0, 0.1) is 0 Å². The van der Waals surface area contributed by atoms with Crippen molar-refractivity contribution in [2.75, 3.05) is 5.32 Å². The van der Waals surface area contributed by atoms with Crippen LogP contribution in [0.1, 0.15) is 0 Å². The van der Waals surface area contributed by atoms with Crippen molar-refractivity contribution in [2.45, 2.75) is 16.0 Å². The molecule has 1 aliphatic heterocycles. The summed E-state index contributed by atoms with van der Waals surface area (Å²) in [4.78, 5) is 12.6. The summed E-state index contributed by atoms with van der Waals surface area (Å²) in [5.41, 5.74) is 1.10. The van der Waals surface area contributed by atoms with Crippen LogP contribution in [0.15, 0.2) is 58.3 Å². The van der Waals surface area contributed by atoms with Crippen molar-refractivity contribution >= 4 is 27.4 Å². The second kappa shape index (κ2) is 4.56. The highest BCUT2D eigenvalue weighted by Gasteiger charge is 2.56. The minimum Gasteiger partial charge on any atom is -0.347 e. The lowest BCUT2D eigenvalue weighted by Crippen LogP contribution is -2.33. The fourth-order valence-electron chi connectivity index (χ4n) is 2.07. The Morgan fingerprint density at radius 3 is 1.80 bits per heavy atom. The Bertz CT molecular complexity index is 639. The van der Waals surface area contributed by atoms with Gasteiger partial charge in [0.2, 0.25) is 0 Å². The highest BCUT2D eigenvalue weighted by Crippen LogP contribution is 2.43. The molecule has 2 aromatic rings. The van der Waals surface area contributed by atoms with Gasteiger partial charge in [0, 0.05) is 0 Å². The van der Waals surface area contributed by atoms with E-state index in [2.05, 4.69) is 5.32 Å². The first kappa shape index (κ1) is 13.1. The third kappa shape index (κ3) is 2.06. The highest BCUT2D eigenvalue weighted by molar-refractivity contribution is 8.11. The molecule has 1 aliphatic rings. The van der Waals surface area contributed by atoms with Gasteiger partial charge in [-0.3, -0.25) is 0 Å². The number of hydrogen-bond acceptors (Lipinski definition) is 2. The second-order valence-electron chi connectivity index (χ2n) is 4.21. The summed E-state index contributed by atoms with van der Waals surface area (Å²) in [6.07, 6.45) is -4.85. The van der Waals surface area contributed by atoms with Gasteiger partial charge in [0.1, 0.15) is 10.9 Å². The average Bonchev–Trinajstić information content (AvgIpc) is 2.43. The van der Waals surface area contributed by atoms with Crippen LogP contribution in [0.2, 0.25) is 0 Å². The van der Waals surface area contributed by atoms with Gasteiger partial charge in [0.25, 0.3) is 0 Å². The van der Waals surface area contributed by atoms with E-state index in [9.17, 15) is 18.0 Å². The van der Waals surface area contributed by atoms with Crippen molar-refractivity contribution in [2.24, 2.45) is 0 Å². The number of anilines is 2. The lowest BCUT2D eigenvalue weighted by molar-refractivity contribution is -0.160. The van der Waals surface area contributed by atoms with Crippen molar-refractivity contribution in [3.63, 3.8) is 0 Å². The highest BCUT2D eigenvalue weighted by atomic mass is 32.2. The minimum atomic E-state index is -4.85. The first-order chi connectivity index (χ1) is 9.48. The van der Waals surface area contributed by atoms with Crippen LogP contribution in [0.3, 0.4) is 0 Å². The number of fused-ring (bicyclic) bond motifs is 2. The van der Waals surface area contributed by atoms with Crippen LogP contribution in [0.4, 0.5) is 24.5 Å². The third-order valence-corrected chi connectivity index (χ3v) is 5.09. The molecule has 0 bridgehead atoms. The number of nitrogens with one attached hydrogen (secondary N) is 1. The first-order valence-electron chi connectivity index (χ1n) is 5.79. The Labute approximate surface area is 116 Å². The van der Waals surface area contributed by atoms with E-state index in [4.69, 9.17) is 0 Å². The number of para-hydroxylation sites is 2. The van der Waals surface area contributed by atoms with Crippen LogP contribution in [-0.4, -0.2) is 11.3 Å². The van der Waals surface area contributed by atoms with E-state index in [1.807, 2.05) is 0 Å². The van der Waals surface area contributed by atoms with Crippen molar-refractivity contribution in [3.8, 4) is 0 Å². The molecule has 2 aromatic carbocycles. The zero-order valence-electron chi connectivity index (χ0n) is 10.1. The maximum absolute atomic E-state index is 12.9. The van der Waals surface area contributed by atoms with E-state index in [-0.39, 0.29) is 0 Å². The Morgan fingerprint density at radius 2 is 1.35 bits per heavy atom. The third-order valence-electron chi connectivity index (χ3n) is 2.90. The molecule has 0 saturated carbocycles. The molecule has 0 atom stereocenters. The summed E-state index contributed by atoms with van der Waals surface area (Å²) < 4.78 is 38.6. The molecule has 0 amide bonds. The maximum Gasteiger partial charge on any atom is 0.504 e. The Morgan fingerprint density at radius 1 is 0.900 bits per heavy atom. The smallest absolute Gasteiger partial charge is 0.347 e. The molecule has 20 heavy (non-hydrogen) atoms. The largest absolute Gasteiger partial charge is 0.504 e. The molecule has 2 nitrogen and oxygen atoms in total. The number of carbonyl (C=O) groups excluding carboxylic acids is 1. The van der Waals surface area contributed by atoms with Gasteiger partial charge in [-0.25, -0.2) is 4.79 Å². The summed E-state index contributed by atoms with van der Waals surface area (Å²) >= 11 is 0. The number of hydrogen-bond donors (Lipinski definition) is 1. The van der Waals surface area contributed by atoms with Crippen molar-refractivity contribution in [3.05, 3.63) is 48.5 Å². The number of alkyl halides is 3. The summed E-state index contributed by atoms with van der Waals surface area (Å²) in [6, 6.07) is 13.2. The predicted molar refractivity (Wildman–Crippen MR) is 71.1 cm³/mol. The zero-order valence-corrected chi connectivity index (χ0v) is 10.9. The second-order valence-corrected chi connectivity index (χ2v) is 6.07. The number of halogens is 3. The number of rotatable bonds is 0. The van der Waals surface area contributed by atoms with E-state index in [0.29, 0.717) is 21.2 Å². The fourth-order valence-corrected chi connectivity index (χ4v) is 4.05. The normalized spacial score (nSPS) is 14.2. The average molecular weight is 296 g/mol. The molecule has 1 N–H and O–H groups in total. The molecule has 1 heterocycles. The van der Waals surface area contributed by atoms with Gasteiger partial charge in [-0.1, -0.05) is 24.3 Å². The van der Waals surface area contributed by atoms with E-state index in [0.717, 1.165) is 0 Å². The summed E-state index contributed by atoms with van der Waals surface area (Å²) in [5, 5.41) is 1.35. The fraction of sp³-hybridized carbons (Fsp3) is 0.0714. The number of benzene rings is 2. The standard InChI is InChI=1S/C14H9F3NOS/c15-14(16,17)13(19)20-11-7-3-1-5-9(11)18-10-6-2-4-8-12(10)20/h1-8,18H/q+1. The van der Waals surface area contributed by atoms with Crippen LogP contribution >= 0.6 is 0 Å². The SMILES string of the molecule is O=C([S+]1c2ccccc2Nc2ccccc21)C(F)(F)F. The number of carbonyl (C=O) groups is 1. The van der Waals surface area contributed by atoms with Crippen LogP contribution in [0.25, 0.3) is 0 Å². The molecule has 0 radical (unpaired) electrons. The van der Waals surface area contributed by atoms with Crippen LogP contribution in [-0.2, 0) is 15.7 Å². The van der Waals surface area contributed by atoms with Gasteiger partial charge in [0.05, 0.1) is 11.4 Å². The zero-order chi connectivity index (χ0) is 14.3. The predicted octanol–water partition coefficient (Wildman–Crippen LogP) is 3.87. The van der Waals surface area contributed by atoms with E-state index < -0.39 is 22.2 Å². The molecule has 6 heteroatoms. The molecule has 0 fully saturated rings. The molecular formula is C14H9F3NOS+. The van der Waals surface area contributed by atoms with Crippen molar-refractivity contribution in [1.82, 2.24) is 0 Å². The summed E-state index contributed by atoms with van der Waals surface area (Å²) in [7, 11) is -1.64. The quantitative estimate of drug-likeness (QED) is 0.748. The van der Waals surface area contributed by atoms with Crippen LogP contribution in [0.5, 0.6) is 0 Å². The van der Waals surface area contributed by atoms with Gasteiger partial charge in [-0.2, -0.15) is 13.2 Å². The summed E-state index contributed by atoms with van der Waals surface area (Å²) in [5.74, 6) is 0. The molecule has 0 unspecified atom stereocenters. The van der Waals surface area contributed by atoms with Crippen LogP contribution < -0.4 is 5.32 Å². The topological polar surface area (TPSA) is 29.1 Å². The van der Waals surface area contributed by atoms with Gasteiger partial charge >= 0.3 is 11.3 Å². The Kier molecular flexibility index (Phi) is 2.97. The lowest BCUT2D eigenvalue weighted by atomic mass is 10.2. The van der Waals surface area contributed by atoms with Crippen molar-refractivity contribution < 1.29 is 18.0 Å². The molecule has 3 rings (SSSR count). The molecule has 0 spiro atoms. The van der Waals surface area contributed by atoms with Gasteiger partial charge in [0.15, 0.2) is 9.79 Å². The lowest BCUT2D eigenvalue weighted by Gasteiger charge is -2.19. The van der Waals surface area contributed by atoms with Crippen molar-refractivity contribution in [1.29, 1.82) is 0 Å². The Balaban J connectivity index is 2.20. The molecule has 0 saturated heterocycles. The van der Waals surface area contributed by atoms with Gasteiger partial charge in [-0.05, 0) is 24.3 Å². The molecule has 102 valence electrons. The Hall–Kier alpha value is -1.95. The van der Waals surface area contributed by atoms with E-state index in [1.165, 1.54) is 0 Å². The van der Waals surface area contributed by atoms with E-state index in [1.54, 1.807) is 48.5 Å². The van der Waals surface area contributed by atoms with Gasteiger partial charge in [-0.15, -0.1) is 0 Å². The minimum absolute atomic E-state index is 0.383. The summed E-state index contributed by atoms with van der Waals surface area (Å²) in [6.45, 7) is 0. The molecular weight excluding hydrogens is 287 g/mol. The maximum atomic E-state index is 12.9. The monoisotopic (exact) mass is 296 g/mol. The molecule has 0 aromatic heterocycles. The molecule has 0 aliphatic carbocycles. The van der Waals surface area contributed by atoms with Gasteiger partial charge < -0.3 is 5.32 Å².